The van der Waals surface area contributed by atoms with Crippen molar-refractivity contribution in [1.29, 1.82) is 5.26 Å². The van der Waals surface area contributed by atoms with Gasteiger partial charge in [0.25, 0.3) is 12.0 Å². The van der Waals surface area contributed by atoms with Gasteiger partial charge in [0.05, 0.1) is 33.3 Å². The maximum absolute atomic E-state index is 15.6. The van der Waals surface area contributed by atoms with Gasteiger partial charge in [-0.2, -0.15) is 5.26 Å². The SMILES string of the molecule is Cc1nc2c(F)c(CN(C)C)c(C(F)F)c(C#N)c2c(=O)n1CCOc1ccc(Cl)cc1-c1ccnc2c(C(=O)O)csc12. The van der Waals surface area contributed by atoms with Crippen LogP contribution in [0.5, 0.6) is 5.75 Å². The van der Waals surface area contributed by atoms with Crippen molar-refractivity contribution in [3.8, 4) is 22.9 Å². The van der Waals surface area contributed by atoms with E-state index in [1.165, 1.54) is 34.7 Å². The Balaban J connectivity index is 1.54. The fourth-order valence-corrected chi connectivity index (χ4v) is 6.27. The van der Waals surface area contributed by atoms with Crippen LogP contribution in [0.2, 0.25) is 5.02 Å². The summed E-state index contributed by atoms with van der Waals surface area (Å²) in [4.78, 5) is 35.1. The highest BCUT2D eigenvalue weighted by Crippen LogP contribution is 2.40. The van der Waals surface area contributed by atoms with E-state index in [4.69, 9.17) is 16.3 Å². The van der Waals surface area contributed by atoms with Gasteiger partial charge >= 0.3 is 5.97 Å². The number of ether oxygens (including phenoxy) is 1. The van der Waals surface area contributed by atoms with Gasteiger partial charge < -0.3 is 14.7 Å². The highest BCUT2D eigenvalue weighted by molar-refractivity contribution is 7.18. The maximum Gasteiger partial charge on any atom is 0.338 e. The van der Waals surface area contributed by atoms with Crippen molar-refractivity contribution in [2.75, 3.05) is 20.7 Å². The lowest BCUT2D eigenvalue weighted by atomic mass is 9.96. The van der Waals surface area contributed by atoms with Gasteiger partial charge in [-0.15, -0.1) is 11.3 Å². The molecule has 3 aromatic heterocycles. The zero-order valence-electron chi connectivity index (χ0n) is 23.5. The van der Waals surface area contributed by atoms with Gasteiger partial charge in [0.1, 0.15) is 29.8 Å². The van der Waals surface area contributed by atoms with Crippen molar-refractivity contribution in [1.82, 2.24) is 19.4 Å². The Labute approximate surface area is 257 Å². The summed E-state index contributed by atoms with van der Waals surface area (Å²) in [6.07, 6.45) is -1.72. The minimum absolute atomic E-state index is 0.0620. The van der Waals surface area contributed by atoms with Gasteiger partial charge in [0, 0.05) is 45.4 Å². The number of hydrogen-bond acceptors (Lipinski definition) is 8. The first kappa shape index (κ1) is 30.9. The average Bonchev–Trinajstić information content (AvgIpc) is 3.41. The minimum atomic E-state index is -3.20. The highest BCUT2D eigenvalue weighted by Gasteiger charge is 2.29. The second kappa shape index (κ2) is 12.2. The number of nitrogens with zero attached hydrogens (tertiary/aromatic N) is 5. The molecule has 0 fully saturated rings. The fourth-order valence-electron chi connectivity index (χ4n) is 5.07. The summed E-state index contributed by atoms with van der Waals surface area (Å²) in [5, 5.41) is 20.7. The highest BCUT2D eigenvalue weighted by atomic mass is 35.5. The standard InChI is InChI=1S/C30H23ClF3N5O4S/c1-14-37-26-23(18(11-35)22(28(33)34)19(24(26)32)12-38(2)3)29(40)39(14)8-9-43-21-5-4-15(31)10-17(21)16-6-7-36-25-20(30(41)42)13-44-27(16)25/h4-7,10,13,28H,8-9,12H2,1-3H3,(H,41,42). The van der Waals surface area contributed by atoms with Gasteiger partial charge in [-0.05, 0) is 45.3 Å². The summed E-state index contributed by atoms with van der Waals surface area (Å²) < 4.78 is 51.7. The molecule has 44 heavy (non-hydrogen) atoms. The van der Waals surface area contributed by atoms with Gasteiger partial charge in [0.15, 0.2) is 5.82 Å². The number of nitriles is 1. The smallest absolute Gasteiger partial charge is 0.338 e. The largest absolute Gasteiger partial charge is 0.491 e. The van der Waals surface area contributed by atoms with E-state index in [-0.39, 0.29) is 36.6 Å². The number of halogens is 4. The zero-order valence-corrected chi connectivity index (χ0v) is 25.1. The van der Waals surface area contributed by atoms with Crippen LogP contribution in [0.3, 0.4) is 0 Å². The lowest BCUT2D eigenvalue weighted by Crippen LogP contribution is -2.28. The molecule has 0 aliphatic carbocycles. The lowest BCUT2D eigenvalue weighted by Gasteiger charge is -2.19. The van der Waals surface area contributed by atoms with Crippen molar-refractivity contribution in [3.05, 3.63) is 85.1 Å². The van der Waals surface area contributed by atoms with Crippen LogP contribution in [0.1, 0.15) is 39.3 Å². The number of rotatable bonds is 9. The molecule has 0 radical (unpaired) electrons. The Morgan fingerprint density at radius 3 is 2.66 bits per heavy atom. The van der Waals surface area contributed by atoms with E-state index in [1.807, 2.05) is 0 Å². The Kier molecular flexibility index (Phi) is 8.60. The van der Waals surface area contributed by atoms with E-state index in [2.05, 4.69) is 9.97 Å². The van der Waals surface area contributed by atoms with Crippen LogP contribution in [0, 0.1) is 24.1 Å². The molecule has 2 aromatic carbocycles. The minimum Gasteiger partial charge on any atom is -0.491 e. The van der Waals surface area contributed by atoms with Gasteiger partial charge in [-0.1, -0.05) is 11.6 Å². The van der Waals surface area contributed by atoms with Gasteiger partial charge in [-0.3, -0.25) is 14.3 Å². The van der Waals surface area contributed by atoms with E-state index in [9.17, 15) is 28.7 Å². The Hall–Kier alpha value is -4.51. The summed E-state index contributed by atoms with van der Waals surface area (Å²) in [7, 11) is 3.14. The molecule has 1 N–H and O–H groups in total. The number of carboxylic acids is 1. The number of aryl methyl sites for hydroxylation is 1. The number of alkyl halides is 2. The number of carboxylic acid groups (broad SMARTS) is 1. The predicted molar refractivity (Wildman–Crippen MR) is 160 cm³/mol. The summed E-state index contributed by atoms with van der Waals surface area (Å²) >= 11 is 7.49. The number of carbonyl (C=O) groups is 1. The second-order valence-corrected chi connectivity index (χ2v) is 11.4. The van der Waals surface area contributed by atoms with E-state index in [0.29, 0.717) is 32.1 Å². The molecule has 5 rings (SSSR count). The van der Waals surface area contributed by atoms with Crippen LogP contribution in [-0.2, 0) is 13.1 Å². The molecule has 0 saturated carbocycles. The van der Waals surface area contributed by atoms with Crippen molar-refractivity contribution >= 4 is 50.0 Å². The predicted octanol–water partition coefficient (Wildman–Crippen LogP) is 6.42. The first-order valence-corrected chi connectivity index (χ1v) is 14.3. The molecule has 14 heteroatoms. The number of thiophene rings is 1. The molecule has 0 bridgehead atoms. The van der Waals surface area contributed by atoms with E-state index in [0.717, 1.165) is 4.57 Å². The number of benzene rings is 2. The molecule has 5 aromatic rings. The third kappa shape index (κ3) is 5.47. The number of aromatic nitrogens is 3. The topological polar surface area (TPSA) is 121 Å². The van der Waals surface area contributed by atoms with Crippen molar-refractivity contribution in [2.24, 2.45) is 0 Å². The molecule has 9 nitrogen and oxygen atoms in total. The Morgan fingerprint density at radius 1 is 1.25 bits per heavy atom. The Bertz CT molecular complexity index is 2060. The third-order valence-electron chi connectivity index (χ3n) is 6.97. The van der Waals surface area contributed by atoms with E-state index in [1.54, 1.807) is 44.4 Å². The number of pyridine rings is 1. The van der Waals surface area contributed by atoms with Gasteiger partial charge in [-0.25, -0.2) is 22.9 Å². The first-order valence-electron chi connectivity index (χ1n) is 13.0. The molecule has 0 unspecified atom stereocenters. The summed E-state index contributed by atoms with van der Waals surface area (Å²) in [5.41, 5.74) is -1.56. The zero-order chi connectivity index (χ0) is 31.9. The van der Waals surface area contributed by atoms with Crippen molar-refractivity contribution in [3.63, 3.8) is 0 Å². The monoisotopic (exact) mass is 641 g/mol. The summed E-state index contributed by atoms with van der Waals surface area (Å²) in [5.74, 6) is -1.71. The van der Waals surface area contributed by atoms with Crippen LogP contribution in [-0.4, -0.2) is 51.2 Å². The second-order valence-electron chi connectivity index (χ2n) is 10.1. The lowest BCUT2D eigenvalue weighted by molar-refractivity contribution is 0.0699. The molecule has 0 saturated heterocycles. The molecule has 0 atom stereocenters. The summed E-state index contributed by atoms with van der Waals surface area (Å²) in [6, 6.07) is 8.26. The quantitative estimate of drug-likeness (QED) is 0.196. The normalized spacial score (nSPS) is 11.5. The number of hydrogen-bond donors (Lipinski definition) is 1. The Morgan fingerprint density at radius 2 is 2.00 bits per heavy atom. The van der Waals surface area contributed by atoms with E-state index >= 15 is 4.39 Å². The van der Waals surface area contributed by atoms with Crippen LogP contribution in [0.15, 0.2) is 40.6 Å². The van der Waals surface area contributed by atoms with Gasteiger partial charge in [0.2, 0.25) is 0 Å². The van der Waals surface area contributed by atoms with E-state index < -0.39 is 45.8 Å². The number of fused-ring (bicyclic) bond motifs is 2. The van der Waals surface area contributed by atoms with Crippen LogP contribution in [0.25, 0.3) is 32.2 Å². The van der Waals surface area contributed by atoms with Crippen molar-refractivity contribution < 1.29 is 27.8 Å². The molecule has 3 heterocycles. The fraction of sp³-hybridized carbons (Fsp3) is 0.233. The van der Waals surface area contributed by atoms with Crippen molar-refractivity contribution in [2.45, 2.75) is 26.4 Å². The molecule has 226 valence electrons. The van der Waals surface area contributed by atoms with Crippen LogP contribution < -0.4 is 10.3 Å². The molecule has 0 amide bonds. The molecular formula is C30H23ClF3N5O4S. The molecule has 0 aliphatic rings. The molecule has 0 spiro atoms. The first-order chi connectivity index (χ1) is 20.9. The average molecular weight is 642 g/mol. The molecular weight excluding hydrogens is 619 g/mol. The third-order valence-corrected chi connectivity index (χ3v) is 8.21. The maximum atomic E-state index is 15.6. The van der Waals surface area contributed by atoms with Crippen LogP contribution in [0.4, 0.5) is 13.2 Å². The molecule has 0 aliphatic heterocycles. The van der Waals surface area contributed by atoms with Crippen LogP contribution >= 0.6 is 22.9 Å². The number of aromatic carboxylic acids is 1. The summed E-state index contributed by atoms with van der Waals surface area (Å²) in [6.45, 7) is 1.03.